The van der Waals surface area contributed by atoms with E-state index in [0.29, 0.717) is 17.3 Å². The summed E-state index contributed by atoms with van der Waals surface area (Å²) in [6.45, 7) is 3.01. The minimum Gasteiger partial charge on any atom is -0.350 e. The van der Waals surface area contributed by atoms with Crippen LogP contribution in [0.4, 0.5) is 5.69 Å². The number of carbonyl (C=O) groups is 1. The van der Waals surface area contributed by atoms with Gasteiger partial charge in [-0.25, -0.2) is 8.42 Å². The molecule has 34 heavy (non-hydrogen) atoms. The van der Waals surface area contributed by atoms with Gasteiger partial charge in [0, 0.05) is 18.1 Å². The van der Waals surface area contributed by atoms with Crippen molar-refractivity contribution in [3.05, 3.63) is 95.0 Å². The third kappa shape index (κ3) is 5.97. The third-order valence-electron chi connectivity index (χ3n) is 5.90. The highest BCUT2D eigenvalue weighted by atomic mass is 35.5. The molecule has 0 saturated carbocycles. The Labute approximate surface area is 206 Å². The monoisotopic (exact) mass is 497 g/mol. The summed E-state index contributed by atoms with van der Waals surface area (Å²) in [5.74, 6) is -0.393. The van der Waals surface area contributed by atoms with Crippen LogP contribution < -0.4 is 9.62 Å². The van der Waals surface area contributed by atoms with Crippen molar-refractivity contribution in [3.8, 4) is 0 Å². The molecule has 0 unspecified atom stereocenters. The molecule has 0 radical (unpaired) electrons. The molecule has 1 saturated heterocycles. The molecule has 1 aliphatic heterocycles. The largest absolute Gasteiger partial charge is 0.350 e. The molecule has 0 aliphatic carbocycles. The first-order valence-corrected chi connectivity index (χ1v) is 13.1. The second-order valence-corrected chi connectivity index (χ2v) is 10.6. The third-order valence-corrected chi connectivity index (χ3v) is 7.92. The fourth-order valence-corrected chi connectivity index (χ4v) is 5.73. The minimum absolute atomic E-state index is 0.110. The summed E-state index contributed by atoms with van der Waals surface area (Å²) in [6.07, 6.45) is 2.43. The quantitative estimate of drug-likeness (QED) is 0.474. The zero-order valence-electron chi connectivity index (χ0n) is 18.9. The second kappa shape index (κ2) is 11.0. The Bertz CT molecular complexity index is 1230. The van der Waals surface area contributed by atoms with Crippen LogP contribution in [0.5, 0.6) is 0 Å². The second-order valence-electron chi connectivity index (χ2n) is 8.33. The van der Waals surface area contributed by atoms with Crippen molar-refractivity contribution in [1.82, 2.24) is 10.2 Å². The number of halogens is 1. The molecular formula is C26H28ClN3O3S. The number of nitrogens with one attached hydrogen (secondary N) is 1. The normalized spacial score (nSPS) is 14.1. The van der Waals surface area contributed by atoms with Gasteiger partial charge in [-0.3, -0.25) is 14.0 Å². The van der Waals surface area contributed by atoms with Crippen molar-refractivity contribution in [2.24, 2.45) is 0 Å². The number of hydrogen-bond acceptors (Lipinski definition) is 4. The van der Waals surface area contributed by atoms with Gasteiger partial charge in [-0.05, 0) is 67.4 Å². The molecule has 6 nitrogen and oxygen atoms in total. The highest BCUT2D eigenvalue weighted by molar-refractivity contribution is 7.92. The van der Waals surface area contributed by atoms with Crippen molar-refractivity contribution in [1.29, 1.82) is 0 Å². The number of anilines is 1. The molecule has 4 rings (SSSR count). The van der Waals surface area contributed by atoms with Gasteiger partial charge < -0.3 is 5.32 Å². The summed E-state index contributed by atoms with van der Waals surface area (Å²) in [5, 5.41) is 3.30. The summed E-state index contributed by atoms with van der Waals surface area (Å²) < 4.78 is 27.9. The van der Waals surface area contributed by atoms with Crippen LogP contribution >= 0.6 is 11.6 Å². The topological polar surface area (TPSA) is 69.7 Å². The Kier molecular flexibility index (Phi) is 7.88. The molecule has 0 spiro atoms. The summed E-state index contributed by atoms with van der Waals surface area (Å²) >= 11 is 6.12. The zero-order chi connectivity index (χ0) is 24.0. The lowest BCUT2D eigenvalue weighted by molar-refractivity contribution is -0.119. The van der Waals surface area contributed by atoms with E-state index in [1.165, 1.54) is 30.5 Å². The van der Waals surface area contributed by atoms with Gasteiger partial charge in [-0.1, -0.05) is 60.1 Å². The Balaban J connectivity index is 1.51. The smallest absolute Gasteiger partial charge is 0.264 e. The molecule has 1 amide bonds. The lowest BCUT2D eigenvalue weighted by Crippen LogP contribution is -2.40. The maximum Gasteiger partial charge on any atom is 0.264 e. The van der Waals surface area contributed by atoms with E-state index in [0.717, 1.165) is 29.5 Å². The van der Waals surface area contributed by atoms with E-state index >= 15 is 0 Å². The number of nitrogens with zero attached hydrogens (tertiary/aromatic N) is 2. The molecule has 1 fully saturated rings. The van der Waals surface area contributed by atoms with Crippen molar-refractivity contribution in [2.45, 2.75) is 30.8 Å². The summed E-state index contributed by atoms with van der Waals surface area (Å²) in [5.41, 5.74) is 2.54. The molecule has 3 aromatic rings. The highest BCUT2D eigenvalue weighted by Gasteiger charge is 2.27. The zero-order valence-corrected chi connectivity index (χ0v) is 20.4. The number of sulfonamides is 1. The Morgan fingerprint density at radius 3 is 2.29 bits per heavy atom. The Morgan fingerprint density at radius 1 is 0.912 bits per heavy atom. The van der Waals surface area contributed by atoms with Gasteiger partial charge >= 0.3 is 0 Å². The van der Waals surface area contributed by atoms with Crippen LogP contribution in [0.15, 0.2) is 83.8 Å². The van der Waals surface area contributed by atoms with Crippen LogP contribution in [-0.4, -0.2) is 38.9 Å². The molecule has 1 N–H and O–H groups in total. The maximum absolute atomic E-state index is 13.4. The summed E-state index contributed by atoms with van der Waals surface area (Å²) in [4.78, 5) is 15.5. The van der Waals surface area contributed by atoms with E-state index in [4.69, 9.17) is 11.6 Å². The van der Waals surface area contributed by atoms with Gasteiger partial charge in [-0.15, -0.1) is 0 Å². The number of benzene rings is 3. The number of amides is 1. The minimum atomic E-state index is -3.97. The average molecular weight is 498 g/mol. The Hall–Kier alpha value is -2.87. The predicted octanol–water partition coefficient (Wildman–Crippen LogP) is 4.45. The van der Waals surface area contributed by atoms with E-state index in [1.54, 1.807) is 42.5 Å². The molecule has 0 atom stereocenters. The molecule has 178 valence electrons. The van der Waals surface area contributed by atoms with E-state index < -0.39 is 15.9 Å². The van der Waals surface area contributed by atoms with E-state index in [9.17, 15) is 13.2 Å². The van der Waals surface area contributed by atoms with Gasteiger partial charge in [0.1, 0.15) is 6.54 Å². The van der Waals surface area contributed by atoms with Gasteiger partial charge in [-0.2, -0.15) is 0 Å². The molecule has 8 heteroatoms. The van der Waals surface area contributed by atoms with Crippen molar-refractivity contribution in [2.75, 3.05) is 23.9 Å². The lowest BCUT2D eigenvalue weighted by atomic mass is 10.1. The van der Waals surface area contributed by atoms with E-state index in [-0.39, 0.29) is 11.4 Å². The fraction of sp³-hybridized carbons (Fsp3) is 0.269. The van der Waals surface area contributed by atoms with Gasteiger partial charge in [0.15, 0.2) is 0 Å². The number of hydrogen-bond donors (Lipinski definition) is 1. The van der Waals surface area contributed by atoms with Gasteiger partial charge in [0.2, 0.25) is 5.91 Å². The van der Waals surface area contributed by atoms with Crippen LogP contribution in [0.2, 0.25) is 5.02 Å². The van der Waals surface area contributed by atoms with Crippen molar-refractivity contribution >= 4 is 33.2 Å². The van der Waals surface area contributed by atoms with E-state index in [1.807, 2.05) is 18.2 Å². The van der Waals surface area contributed by atoms with Crippen LogP contribution in [0.1, 0.15) is 24.0 Å². The summed E-state index contributed by atoms with van der Waals surface area (Å²) in [7, 11) is -3.97. The maximum atomic E-state index is 13.4. The first kappa shape index (κ1) is 24.3. The summed E-state index contributed by atoms with van der Waals surface area (Å²) in [6, 6.07) is 22.6. The standard InChI is InChI=1S/C26H28ClN3O3S/c27-23-11-8-12-24(17-23)30(34(32,33)25-13-2-1-3-14-25)20-26(31)28-18-21-9-4-5-10-22(21)19-29-15-6-7-16-29/h1-5,8-14,17H,6-7,15-16,18-20H2,(H,28,31). The van der Waals surface area contributed by atoms with Crippen LogP contribution in [0.3, 0.4) is 0 Å². The van der Waals surface area contributed by atoms with Gasteiger partial charge in [0.05, 0.1) is 10.6 Å². The number of likely N-dealkylation sites (tertiary alicyclic amines) is 1. The van der Waals surface area contributed by atoms with Crippen LogP contribution in [0, 0.1) is 0 Å². The first-order chi connectivity index (χ1) is 16.4. The number of carbonyl (C=O) groups excluding carboxylic acids is 1. The molecule has 3 aromatic carbocycles. The SMILES string of the molecule is O=C(CN(c1cccc(Cl)c1)S(=O)(=O)c1ccccc1)NCc1ccccc1CN1CCCC1. The van der Waals surface area contributed by atoms with Crippen molar-refractivity contribution < 1.29 is 13.2 Å². The van der Waals surface area contributed by atoms with Crippen molar-refractivity contribution in [3.63, 3.8) is 0 Å². The lowest BCUT2D eigenvalue weighted by Gasteiger charge is -2.24. The first-order valence-electron chi connectivity index (χ1n) is 11.3. The average Bonchev–Trinajstić information content (AvgIpc) is 3.35. The molecular weight excluding hydrogens is 470 g/mol. The predicted molar refractivity (Wildman–Crippen MR) is 135 cm³/mol. The van der Waals surface area contributed by atoms with E-state index in [2.05, 4.69) is 16.3 Å². The fourth-order valence-electron chi connectivity index (χ4n) is 4.11. The number of rotatable bonds is 9. The molecule has 0 bridgehead atoms. The molecule has 1 aliphatic rings. The Morgan fingerprint density at radius 2 is 1.59 bits per heavy atom. The van der Waals surface area contributed by atoms with Gasteiger partial charge in [0.25, 0.3) is 10.0 Å². The molecule has 0 aromatic heterocycles. The molecule has 1 heterocycles. The highest BCUT2D eigenvalue weighted by Crippen LogP contribution is 2.26. The van der Waals surface area contributed by atoms with Crippen LogP contribution in [0.25, 0.3) is 0 Å². The van der Waals surface area contributed by atoms with Crippen LogP contribution in [-0.2, 0) is 27.9 Å².